The first-order valence-electron chi connectivity index (χ1n) is 4.43. The van der Waals surface area contributed by atoms with Crippen molar-refractivity contribution in [3.8, 4) is 0 Å². The van der Waals surface area contributed by atoms with E-state index in [0.29, 0.717) is 12.3 Å². The van der Waals surface area contributed by atoms with Crippen LogP contribution in [-0.4, -0.2) is 17.2 Å². The van der Waals surface area contributed by atoms with Crippen LogP contribution in [0.2, 0.25) is 0 Å². The van der Waals surface area contributed by atoms with Crippen LogP contribution in [0.4, 0.5) is 0 Å². The van der Waals surface area contributed by atoms with E-state index in [1.165, 1.54) is 0 Å². The molecule has 2 nitrogen and oxygen atoms in total. The third-order valence-corrected chi connectivity index (χ3v) is 3.63. The lowest BCUT2D eigenvalue weighted by molar-refractivity contribution is 0.481. The fourth-order valence-electron chi connectivity index (χ4n) is 0.609. The summed E-state index contributed by atoms with van der Waals surface area (Å²) in [5.41, 5.74) is 0. The second-order valence-electron chi connectivity index (χ2n) is 2.63. The van der Waals surface area contributed by atoms with Gasteiger partial charge in [0.2, 0.25) is 0 Å². The molecule has 0 aliphatic carbocycles. The van der Waals surface area contributed by atoms with Crippen LogP contribution >= 0.6 is 7.37 Å². The highest BCUT2D eigenvalue weighted by Crippen LogP contribution is 2.38. The fraction of sp³-hybridized carbons (Fsp3) is 0.400. The molecule has 0 amide bonds. The van der Waals surface area contributed by atoms with Crippen molar-refractivity contribution < 1.29 is 9.46 Å². The summed E-state index contributed by atoms with van der Waals surface area (Å²) in [6.45, 7) is 3.45. The second-order valence-corrected chi connectivity index (χ2v) is 5.59. The first kappa shape index (κ1) is 12.4. The Morgan fingerprint density at radius 3 is 1.23 bits per heavy atom. The highest BCUT2D eigenvalue weighted by atomic mass is 31.2. The van der Waals surface area contributed by atoms with Gasteiger partial charge in [-0.1, -0.05) is 50.2 Å². The van der Waals surface area contributed by atoms with Crippen molar-refractivity contribution in [2.45, 2.75) is 13.8 Å². The number of rotatable bonds is 2. The van der Waals surface area contributed by atoms with E-state index in [2.05, 4.69) is 0 Å². The highest BCUT2D eigenvalue weighted by Gasteiger charge is 2.08. The van der Waals surface area contributed by atoms with E-state index in [0.717, 1.165) is 0 Å². The Morgan fingerprint density at radius 1 is 0.923 bits per heavy atom. The maximum absolute atomic E-state index is 10.5. The summed E-state index contributed by atoms with van der Waals surface area (Å²) in [4.78, 5) is 8.69. The van der Waals surface area contributed by atoms with Crippen molar-refractivity contribution in [1.82, 2.24) is 0 Å². The molecule has 1 rings (SSSR count). The van der Waals surface area contributed by atoms with Crippen LogP contribution in [0.15, 0.2) is 36.4 Å². The maximum atomic E-state index is 10.5. The molecular formula is C10H17O2P. The molecule has 0 aliphatic heterocycles. The number of hydrogen-bond donors (Lipinski definition) is 1. The van der Waals surface area contributed by atoms with Gasteiger partial charge in [0.15, 0.2) is 7.37 Å². The monoisotopic (exact) mass is 200 g/mol. The lowest BCUT2D eigenvalue weighted by atomic mass is 10.4. The standard InChI is InChI=1S/C6H6.C4H11O2P/c1-2-4-6-5-3-1;1-3-7(5,6)4-2/h1-6H;3-4H2,1-2H3,(H,5,6). The Hall–Kier alpha value is -0.590. The molecule has 0 radical (unpaired) electrons. The molecule has 3 heteroatoms. The Labute approximate surface area is 80.1 Å². The van der Waals surface area contributed by atoms with Gasteiger partial charge in [-0.25, -0.2) is 0 Å². The van der Waals surface area contributed by atoms with Crippen molar-refractivity contribution in [2.75, 3.05) is 12.3 Å². The van der Waals surface area contributed by atoms with E-state index in [-0.39, 0.29) is 0 Å². The Morgan fingerprint density at radius 2 is 1.15 bits per heavy atom. The Bertz CT molecular complexity index is 212. The molecule has 0 saturated carbocycles. The normalized spacial score (nSPS) is 10.1. The van der Waals surface area contributed by atoms with Gasteiger partial charge in [-0.3, -0.25) is 4.57 Å². The van der Waals surface area contributed by atoms with Crippen LogP contribution in [0.1, 0.15) is 13.8 Å². The number of hydrogen-bond acceptors (Lipinski definition) is 1. The van der Waals surface area contributed by atoms with E-state index in [4.69, 9.17) is 4.89 Å². The molecule has 74 valence electrons. The minimum absolute atomic E-state index is 0.406. The lowest BCUT2D eigenvalue weighted by Crippen LogP contribution is -1.84. The number of benzene rings is 1. The summed E-state index contributed by atoms with van der Waals surface area (Å²) in [5, 5.41) is 0. The maximum Gasteiger partial charge on any atom is 0.200 e. The van der Waals surface area contributed by atoms with Crippen LogP contribution in [0, 0.1) is 0 Å². The van der Waals surface area contributed by atoms with Crippen LogP contribution in [-0.2, 0) is 4.57 Å². The molecule has 0 saturated heterocycles. The predicted octanol–water partition coefficient (Wildman–Crippen LogP) is 2.98. The van der Waals surface area contributed by atoms with Gasteiger partial charge >= 0.3 is 0 Å². The van der Waals surface area contributed by atoms with Crippen LogP contribution in [0.25, 0.3) is 0 Å². The summed E-state index contributed by atoms with van der Waals surface area (Å²) in [7, 11) is -2.65. The van der Waals surface area contributed by atoms with Gasteiger partial charge in [0.25, 0.3) is 0 Å². The van der Waals surface area contributed by atoms with Crippen LogP contribution in [0.5, 0.6) is 0 Å². The molecule has 0 atom stereocenters. The first-order valence-corrected chi connectivity index (χ1v) is 6.46. The molecule has 0 spiro atoms. The molecule has 0 unspecified atom stereocenters. The predicted molar refractivity (Wildman–Crippen MR) is 57.3 cm³/mol. The lowest BCUT2D eigenvalue weighted by Gasteiger charge is -2.01. The minimum Gasteiger partial charge on any atom is -0.344 e. The van der Waals surface area contributed by atoms with Crippen molar-refractivity contribution in [1.29, 1.82) is 0 Å². The summed E-state index contributed by atoms with van der Waals surface area (Å²) in [6.07, 6.45) is 0.812. The third kappa shape index (κ3) is 7.76. The topological polar surface area (TPSA) is 37.3 Å². The zero-order valence-corrected chi connectivity index (χ0v) is 9.08. The van der Waals surface area contributed by atoms with Gasteiger partial charge in [0.1, 0.15) is 0 Å². The highest BCUT2D eigenvalue weighted by molar-refractivity contribution is 7.57. The SMILES string of the molecule is CCP(=O)(O)CC.c1ccccc1. The zero-order chi connectivity index (χ0) is 10.2. The van der Waals surface area contributed by atoms with E-state index in [9.17, 15) is 4.57 Å². The first-order chi connectivity index (χ1) is 6.12. The molecule has 1 aromatic carbocycles. The van der Waals surface area contributed by atoms with Crippen LogP contribution in [0.3, 0.4) is 0 Å². The summed E-state index contributed by atoms with van der Waals surface area (Å²) in [5.74, 6) is 0. The van der Waals surface area contributed by atoms with Crippen molar-refractivity contribution in [2.24, 2.45) is 0 Å². The molecule has 0 fully saturated rings. The van der Waals surface area contributed by atoms with Crippen molar-refractivity contribution >= 4 is 7.37 Å². The van der Waals surface area contributed by atoms with Gasteiger partial charge in [-0.2, -0.15) is 0 Å². The van der Waals surface area contributed by atoms with E-state index in [1.54, 1.807) is 13.8 Å². The largest absolute Gasteiger partial charge is 0.344 e. The van der Waals surface area contributed by atoms with Crippen molar-refractivity contribution in [3.05, 3.63) is 36.4 Å². The third-order valence-electron chi connectivity index (χ3n) is 1.65. The average molecular weight is 200 g/mol. The van der Waals surface area contributed by atoms with Crippen molar-refractivity contribution in [3.63, 3.8) is 0 Å². The fourth-order valence-corrected chi connectivity index (χ4v) is 1.06. The van der Waals surface area contributed by atoms with Gasteiger partial charge in [-0.15, -0.1) is 0 Å². The Kier molecular flexibility index (Phi) is 6.56. The minimum atomic E-state index is -2.65. The average Bonchev–Trinajstić information content (AvgIpc) is 2.21. The molecule has 0 heterocycles. The van der Waals surface area contributed by atoms with Gasteiger partial charge in [0.05, 0.1) is 0 Å². The van der Waals surface area contributed by atoms with E-state index >= 15 is 0 Å². The molecule has 13 heavy (non-hydrogen) atoms. The molecule has 1 N–H and O–H groups in total. The van der Waals surface area contributed by atoms with E-state index in [1.807, 2.05) is 36.4 Å². The summed E-state index contributed by atoms with van der Waals surface area (Å²) in [6, 6.07) is 12.0. The second kappa shape index (κ2) is 6.88. The molecule has 1 aromatic rings. The van der Waals surface area contributed by atoms with Gasteiger partial charge in [0, 0.05) is 12.3 Å². The molecule has 0 bridgehead atoms. The Balaban J connectivity index is 0.000000223. The van der Waals surface area contributed by atoms with Crippen LogP contribution < -0.4 is 0 Å². The van der Waals surface area contributed by atoms with Gasteiger partial charge in [-0.05, 0) is 0 Å². The molecular weight excluding hydrogens is 183 g/mol. The zero-order valence-electron chi connectivity index (χ0n) is 8.18. The quantitative estimate of drug-likeness (QED) is 0.745. The molecule has 0 aliphatic rings. The molecule has 0 aromatic heterocycles. The van der Waals surface area contributed by atoms with Gasteiger partial charge < -0.3 is 4.89 Å². The summed E-state index contributed by atoms with van der Waals surface area (Å²) >= 11 is 0. The smallest absolute Gasteiger partial charge is 0.200 e. The van der Waals surface area contributed by atoms with E-state index < -0.39 is 7.37 Å². The summed E-state index contributed by atoms with van der Waals surface area (Å²) < 4.78 is 10.5.